The van der Waals surface area contributed by atoms with Crippen molar-refractivity contribution >= 4 is 15.9 Å². The Morgan fingerprint density at radius 2 is 1.74 bits per heavy atom. The Morgan fingerprint density at radius 1 is 1.00 bits per heavy atom. The van der Waals surface area contributed by atoms with Gasteiger partial charge in [0.2, 0.25) is 0 Å². The molecule has 4 aliphatic rings. The molecule has 206 valence electrons. The fourth-order valence-corrected chi connectivity index (χ4v) is 8.50. The number of benzene rings is 2. The highest BCUT2D eigenvalue weighted by Crippen LogP contribution is 2.48. The molecule has 0 aromatic heterocycles. The lowest BCUT2D eigenvalue weighted by molar-refractivity contribution is -0.148. The fourth-order valence-electron chi connectivity index (χ4n) is 6.71. The normalized spacial score (nSPS) is 30.2. The number of piperidine rings is 1. The van der Waals surface area contributed by atoms with Gasteiger partial charge in [0.1, 0.15) is 4.90 Å². The fraction of sp³-hybridized carbons (Fsp3) is 0.552. The summed E-state index contributed by atoms with van der Waals surface area (Å²) in [5, 5.41) is 31.9. The number of nitrogens with zero attached hydrogens (tertiary/aromatic N) is 2. The maximum Gasteiger partial charge on any atom is 0.269 e. The number of sulfonamides is 1. The van der Waals surface area contributed by atoms with Crippen molar-refractivity contribution in [3.63, 3.8) is 0 Å². The van der Waals surface area contributed by atoms with Crippen LogP contribution < -0.4 is 0 Å². The lowest BCUT2D eigenvalue weighted by atomic mass is 9.64. The van der Waals surface area contributed by atoms with E-state index in [1.165, 1.54) is 25.0 Å². The zero-order valence-electron chi connectivity index (χ0n) is 22.1. The second-order valence-corrected chi connectivity index (χ2v) is 12.8. The average Bonchev–Trinajstić information content (AvgIpc) is 3.70. The van der Waals surface area contributed by atoms with E-state index >= 15 is 0 Å². The molecule has 0 bridgehead atoms. The molecule has 2 saturated carbocycles. The first kappa shape index (κ1) is 27.0. The van der Waals surface area contributed by atoms with Crippen molar-refractivity contribution in [3.05, 3.63) is 53.6 Å². The molecule has 4 atom stereocenters. The van der Waals surface area contributed by atoms with E-state index in [4.69, 9.17) is 0 Å². The highest BCUT2D eigenvalue weighted by Gasteiger charge is 2.55. The van der Waals surface area contributed by atoms with Crippen molar-refractivity contribution in [1.29, 1.82) is 0 Å². The smallest absolute Gasteiger partial charge is 0.269 e. The first-order valence-electron chi connectivity index (χ1n) is 13.8. The summed E-state index contributed by atoms with van der Waals surface area (Å²) >= 11 is 0. The van der Waals surface area contributed by atoms with Gasteiger partial charge in [-0.3, -0.25) is 9.69 Å². The predicted octanol–water partition coefficient (Wildman–Crippen LogP) is 3.90. The summed E-state index contributed by atoms with van der Waals surface area (Å²) in [5.74, 6) is -0.325. The van der Waals surface area contributed by atoms with Gasteiger partial charge < -0.3 is 15.3 Å². The van der Waals surface area contributed by atoms with Crippen LogP contribution in [0.4, 0.5) is 0 Å². The molecule has 1 amide bonds. The monoisotopic (exact) mass is 542 g/mol. The van der Waals surface area contributed by atoms with Crippen molar-refractivity contribution in [2.24, 2.45) is 11.8 Å². The van der Waals surface area contributed by atoms with E-state index in [0.717, 1.165) is 29.4 Å². The molecule has 2 unspecified atom stereocenters. The van der Waals surface area contributed by atoms with Gasteiger partial charge in [-0.05, 0) is 93.2 Å². The molecule has 3 fully saturated rings. The Kier molecular flexibility index (Phi) is 7.22. The number of carbonyl (C=O) groups excluding carboxylic acids is 1. The van der Waals surface area contributed by atoms with Gasteiger partial charge in [-0.15, -0.1) is 0 Å². The van der Waals surface area contributed by atoms with Gasteiger partial charge >= 0.3 is 0 Å². The van der Waals surface area contributed by atoms with E-state index in [1.807, 2.05) is 13.8 Å². The number of phenols is 2. The number of rotatable bonds is 5. The van der Waals surface area contributed by atoms with Crippen LogP contribution in [-0.2, 0) is 16.4 Å². The van der Waals surface area contributed by atoms with E-state index in [2.05, 4.69) is 4.90 Å². The number of phenolic OH excluding ortho intramolecular Hbond substituents is 2. The third-order valence-corrected chi connectivity index (χ3v) is 10.7. The van der Waals surface area contributed by atoms with Gasteiger partial charge in [-0.2, -0.15) is 0 Å². The summed E-state index contributed by atoms with van der Waals surface area (Å²) in [6.07, 6.45) is 4.89. The molecule has 38 heavy (non-hydrogen) atoms. The van der Waals surface area contributed by atoms with Crippen LogP contribution in [-0.4, -0.2) is 69.6 Å². The van der Waals surface area contributed by atoms with Crippen LogP contribution in [0, 0.1) is 11.8 Å². The first-order chi connectivity index (χ1) is 18.2. The topological polar surface area (TPSA) is 118 Å². The van der Waals surface area contributed by atoms with Crippen LogP contribution in [0.2, 0.25) is 0 Å². The number of likely N-dealkylation sites (tertiary alicyclic amines) is 1. The molecular weight excluding hydrogens is 504 g/mol. The largest absolute Gasteiger partial charge is 0.504 e. The number of hydrogen-bond donors (Lipinski definition) is 3. The zero-order valence-corrected chi connectivity index (χ0v) is 22.9. The molecule has 1 saturated heterocycles. The highest BCUT2D eigenvalue weighted by atomic mass is 32.2. The number of aliphatic hydroxyl groups is 1. The number of hydrogen-bond acceptors (Lipinski definition) is 7. The van der Waals surface area contributed by atoms with Crippen molar-refractivity contribution in [2.75, 3.05) is 13.1 Å². The molecule has 2 aromatic rings. The van der Waals surface area contributed by atoms with Crippen molar-refractivity contribution in [1.82, 2.24) is 9.21 Å². The van der Waals surface area contributed by atoms with Crippen LogP contribution in [0.15, 0.2) is 47.4 Å². The van der Waals surface area contributed by atoms with Crippen LogP contribution in [0.3, 0.4) is 0 Å². The lowest BCUT2D eigenvalue weighted by Gasteiger charge is -2.55. The van der Waals surface area contributed by atoms with Gasteiger partial charge in [0.15, 0.2) is 11.5 Å². The zero-order chi connectivity index (χ0) is 27.2. The highest BCUT2D eigenvalue weighted by molar-refractivity contribution is 7.90. The minimum absolute atomic E-state index is 0.0695. The van der Waals surface area contributed by atoms with Gasteiger partial charge in [0, 0.05) is 18.6 Å². The quantitative estimate of drug-likeness (QED) is 0.491. The molecule has 2 heterocycles. The Bertz CT molecular complexity index is 1310. The third-order valence-electron chi connectivity index (χ3n) is 8.77. The average molecular weight is 543 g/mol. The maximum absolute atomic E-state index is 13.3. The SMILES string of the molecule is CC.O=C1c2ccccc2S(=O)(=O)N1C1CC[C@]2(O)C(CCN(CC3CC3)[C@@H]2Cc2ccc(O)c(O)c2)C1. The Labute approximate surface area is 224 Å². The summed E-state index contributed by atoms with van der Waals surface area (Å²) in [5.41, 5.74) is 0.0268. The van der Waals surface area contributed by atoms with Crippen molar-refractivity contribution in [2.45, 2.75) is 81.4 Å². The van der Waals surface area contributed by atoms with Crippen LogP contribution in [0.1, 0.15) is 68.3 Å². The van der Waals surface area contributed by atoms with Gasteiger partial charge in [0.25, 0.3) is 15.9 Å². The molecule has 9 heteroatoms. The molecule has 0 radical (unpaired) electrons. The standard InChI is InChI=1S/C27H32N2O6S.C2H6/c30-22-8-7-18(13-23(22)31)14-25-27(33)11-9-20(15-19(27)10-12-28(25)16-17-5-6-17)29-26(32)21-3-1-2-4-24(21)36(29,34)35;1-2/h1-4,7-8,13,17,19-20,25,30-31,33H,5-6,9-12,14-16H2;1-2H3/t19?,20?,25-,27+;/m1./s1. The summed E-state index contributed by atoms with van der Waals surface area (Å²) in [6, 6.07) is 10.5. The second-order valence-electron chi connectivity index (χ2n) is 11.0. The third kappa shape index (κ3) is 4.58. The van der Waals surface area contributed by atoms with Gasteiger partial charge in [-0.25, -0.2) is 12.7 Å². The maximum atomic E-state index is 13.3. The van der Waals surface area contributed by atoms with Crippen LogP contribution in [0.25, 0.3) is 0 Å². The Balaban J connectivity index is 0.00000144. The van der Waals surface area contributed by atoms with Crippen LogP contribution >= 0.6 is 0 Å². The van der Waals surface area contributed by atoms with E-state index in [0.29, 0.717) is 31.6 Å². The lowest BCUT2D eigenvalue weighted by Crippen LogP contribution is -2.65. The van der Waals surface area contributed by atoms with Gasteiger partial charge in [0.05, 0.1) is 11.2 Å². The summed E-state index contributed by atoms with van der Waals surface area (Å²) in [6.45, 7) is 5.72. The molecule has 2 aliphatic heterocycles. The summed E-state index contributed by atoms with van der Waals surface area (Å²) < 4.78 is 27.6. The summed E-state index contributed by atoms with van der Waals surface area (Å²) in [7, 11) is -3.90. The molecule has 6 rings (SSSR count). The first-order valence-corrected chi connectivity index (χ1v) is 15.3. The molecule has 0 spiro atoms. The van der Waals surface area contributed by atoms with E-state index in [9.17, 15) is 28.5 Å². The molecule has 2 aromatic carbocycles. The molecule has 2 aliphatic carbocycles. The van der Waals surface area contributed by atoms with E-state index in [-0.39, 0.29) is 33.9 Å². The number of amides is 1. The predicted molar refractivity (Wildman–Crippen MR) is 143 cm³/mol. The van der Waals surface area contributed by atoms with Crippen molar-refractivity contribution < 1.29 is 28.5 Å². The number of aromatic hydroxyl groups is 2. The molecular formula is C29H38N2O6S. The molecule has 3 N–H and O–H groups in total. The molecule has 8 nitrogen and oxygen atoms in total. The minimum Gasteiger partial charge on any atom is -0.504 e. The van der Waals surface area contributed by atoms with E-state index in [1.54, 1.807) is 30.3 Å². The van der Waals surface area contributed by atoms with Crippen LogP contribution in [0.5, 0.6) is 11.5 Å². The second kappa shape index (κ2) is 10.2. The van der Waals surface area contributed by atoms with Gasteiger partial charge in [-0.1, -0.05) is 32.0 Å². The Hall–Kier alpha value is -2.62. The number of fused-ring (bicyclic) bond motifs is 2. The number of carbonyl (C=O) groups is 1. The van der Waals surface area contributed by atoms with Crippen molar-refractivity contribution in [3.8, 4) is 11.5 Å². The van der Waals surface area contributed by atoms with E-state index < -0.39 is 27.6 Å². The Morgan fingerprint density at radius 3 is 2.42 bits per heavy atom. The summed E-state index contributed by atoms with van der Waals surface area (Å²) in [4.78, 5) is 15.6. The minimum atomic E-state index is -3.90.